The number of carbonyl (C=O) groups is 1. The fourth-order valence-corrected chi connectivity index (χ4v) is 0.182. The Kier molecular flexibility index (Phi) is 2.39. The SMILES string of the molecule is N=C(N)CNC(N)=O. The molecule has 0 bridgehead atoms. The highest BCUT2D eigenvalue weighted by Crippen LogP contribution is 1.55. The quantitative estimate of drug-likeness (QED) is 0.263. The van der Waals surface area contributed by atoms with Crippen LogP contribution >= 0.6 is 0 Å². The van der Waals surface area contributed by atoms with Gasteiger partial charge >= 0.3 is 6.03 Å². The Morgan fingerprint density at radius 2 is 2.12 bits per heavy atom. The largest absolute Gasteiger partial charge is 0.386 e. The Bertz CT molecular complexity index is 95.9. The molecule has 0 radical (unpaired) electrons. The van der Waals surface area contributed by atoms with Gasteiger partial charge in [0.05, 0.1) is 6.54 Å². The average molecular weight is 116 g/mol. The van der Waals surface area contributed by atoms with Gasteiger partial charge in [-0.3, -0.25) is 5.41 Å². The molecular formula is C3H8N4O. The smallest absolute Gasteiger partial charge is 0.312 e. The molecule has 0 aliphatic rings. The van der Waals surface area contributed by atoms with Gasteiger partial charge in [0.15, 0.2) is 0 Å². The van der Waals surface area contributed by atoms with Gasteiger partial charge in [-0.1, -0.05) is 0 Å². The number of urea groups is 1. The lowest BCUT2D eigenvalue weighted by atomic mass is 10.6. The Labute approximate surface area is 46.5 Å². The molecule has 0 aliphatic heterocycles. The summed E-state index contributed by atoms with van der Waals surface area (Å²) in [6.07, 6.45) is 0. The summed E-state index contributed by atoms with van der Waals surface area (Å²) in [4.78, 5) is 9.86. The Morgan fingerprint density at radius 1 is 1.62 bits per heavy atom. The Hall–Kier alpha value is -1.26. The number of rotatable bonds is 2. The van der Waals surface area contributed by atoms with Gasteiger partial charge in [-0.25, -0.2) is 4.79 Å². The first-order valence-corrected chi connectivity index (χ1v) is 1.99. The molecule has 0 rings (SSSR count). The first-order valence-electron chi connectivity index (χ1n) is 1.99. The molecule has 0 spiro atoms. The van der Waals surface area contributed by atoms with E-state index in [9.17, 15) is 4.79 Å². The lowest BCUT2D eigenvalue weighted by Gasteiger charge is -1.95. The van der Waals surface area contributed by atoms with Gasteiger partial charge in [0.25, 0.3) is 0 Å². The van der Waals surface area contributed by atoms with Crippen LogP contribution in [0.4, 0.5) is 4.79 Å². The Balaban J connectivity index is 3.18. The third kappa shape index (κ3) is 4.74. The van der Waals surface area contributed by atoms with E-state index in [1.807, 2.05) is 0 Å². The molecule has 0 saturated carbocycles. The van der Waals surface area contributed by atoms with Crippen molar-refractivity contribution >= 4 is 11.9 Å². The first kappa shape index (κ1) is 6.74. The zero-order valence-electron chi connectivity index (χ0n) is 4.27. The maximum Gasteiger partial charge on any atom is 0.312 e. The van der Waals surface area contributed by atoms with Gasteiger partial charge in [0.2, 0.25) is 0 Å². The van der Waals surface area contributed by atoms with Gasteiger partial charge in [-0.15, -0.1) is 0 Å². The zero-order chi connectivity index (χ0) is 6.57. The molecule has 0 aromatic carbocycles. The molecule has 0 atom stereocenters. The normalized spacial score (nSPS) is 8.00. The predicted octanol–water partition coefficient (Wildman–Crippen LogP) is -1.41. The molecule has 0 heterocycles. The van der Waals surface area contributed by atoms with Crippen molar-refractivity contribution in [1.29, 1.82) is 5.41 Å². The summed E-state index contributed by atoms with van der Waals surface area (Å²) in [6.45, 7) is 0.0231. The fourth-order valence-electron chi connectivity index (χ4n) is 0.182. The summed E-state index contributed by atoms with van der Waals surface area (Å²) in [5, 5.41) is 8.73. The third-order valence-electron chi connectivity index (χ3n) is 0.453. The third-order valence-corrected chi connectivity index (χ3v) is 0.453. The summed E-state index contributed by atoms with van der Waals surface area (Å²) in [5.41, 5.74) is 9.49. The highest BCUT2D eigenvalue weighted by molar-refractivity contribution is 5.83. The Morgan fingerprint density at radius 3 is 2.25 bits per heavy atom. The molecule has 0 saturated heterocycles. The molecule has 6 N–H and O–H groups in total. The van der Waals surface area contributed by atoms with Crippen LogP contribution < -0.4 is 16.8 Å². The van der Waals surface area contributed by atoms with Gasteiger partial charge in [0, 0.05) is 0 Å². The number of carbonyl (C=O) groups excluding carboxylic acids is 1. The minimum atomic E-state index is -0.666. The molecule has 0 aromatic rings. The van der Waals surface area contributed by atoms with Crippen molar-refractivity contribution in [2.45, 2.75) is 0 Å². The van der Waals surface area contributed by atoms with E-state index in [2.05, 4.69) is 11.1 Å². The first-order chi connectivity index (χ1) is 3.63. The second-order valence-corrected chi connectivity index (χ2v) is 1.24. The van der Waals surface area contributed by atoms with Crippen LogP contribution in [0, 0.1) is 5.41 Å². The number of amidine groups is 1. The topological polar surface area (TPSA) is 105 Å². The molecule has 5 heteroatoms. The minimum Gasteiger partial charge on any atom is -0.386 e. The van der Waals surface area contributed by atoms with E-state index in [0.717, 1.165) is 0 Å². The van der Waals surface area contributed by atoms with Crippen LogP contribution in [0.15, 0.2) is 0 Å². The summed E-state index contributed by atoms with van der Waals surface area (Å²) in [7, 11) is 0. The van der Waals surface area contributed by atoms with Crippen LogP contribution in [-0.2, 0) is 0 Å². The van der Waals surface area contributed by atoms with Crippen molar-refractivity contribution in [3.8, 4) is 0 Å². The highest BCUT2D eigenvalue weighted by Gasteiger charge is 1.89. The van der Waals surface area contributed by atoms with E-state index >= 15 is 0 Å². The molecule has 8 heavy (non-hydrogen) atoms. The predicted molar refractivity (Wildman–Crippen MR) is 29.5 cm³/mol. The van der Waals surface area contributed by atoms with Gasteiger partial charge in [0.1, 0.15) is 5.84 Å². The number of hydrogen-bond donors (Lipinski definition) is 4. The second-order valence-electron chi connectivity index (χ2n) is 1.24. The summed E-state index contributed by atoms with van der Waals surface area (Å²) < 4.78 is 0. The minimum absolute atomic E-state index is 0.0231. The number of amides is 2. The van der Waals surface area contributed by atoms with E-state index in [4.69, 9.17) is 11.1 Å². The van der Waals surface area contributed by atoms with Crippen molar-refractivity contribution in [2.75, 3.05) is 6.54 Å². The van der Waals surface area contributed by atoms with Crippen molar-refractivity contribution in [2.24, 2.45) is 11.5 Å². The van der Waals surface area contributed by atoms with Crippen LogP contribution in [0.5, 0.6) is 0 Å². The fraction of sp³-hybridized carbons (Fsp3) is 0.333. The van der Waals surface area contributed by atoms with Gasteiger partial charge in [-0.05, 0) is 0 Å². The van der Waals surface area contributed by atoms with Gasteiger partial charge < -0.3 is 16.8 Å². The zero-order valence-corrected chi connectivity index (χ0v) is 4.27. The van der Waals surface area contributed by atoms with Crippen molar-refractivity contribution < 1.29 is 4.79 Å². The lowest BCUT2D eigenvalue weighted by molar-refractivity contribution is 0.250. The van der Waals surface area contributed by atoms with E-state index in [-0.39, 0.29) is 12.4 Å². The van der Waals surface area contributed by atoms with E-state index < -0.39 is 6.03 Å². The van der Waals surface area contributed by atoms with E-state index in [0.29, 0.717) is 0 Å². The van der Waals surface area contributed by atoms with Crippen LogP contribution in [0.2, 0.25) is 0 Å². The van der Waals surface area contributed by atoms with Crippen LogP contribution in [0.1, 0.15) is 0 Å². The van der Waals surface area contributed by atoms with Crippen LogP contribution in [-0.4, -0.2) is 18.4 Å². The van der Waals surface area contributed by atoms with Crippen molar-refractivity contribution in [1.82, 2.24) is 5.32 Å². The molecule has 0 aliphatic carbocycles. The maximum atomic E-state index is 9.86. The number of hydrogen-bond acceptors (Lipinski definition) is 2. The second kappa shape index (κ2) is 2.84. The number of primary amides is 1. The molecule has 0 unspecified atom stereocenters. The molecule has 46 valence electrons. The monoisotopic (exact) mass is 116 g/mol. The molecule has 0 aromatic heterocycles. The molecule has 2 amide bonds. The highest BCUT2D eigenvalue weighted by atomic mass is 16.2. The molecular weight excluding hydrogens is 108 g/mol. The van der Waals surface area contributed by atoms with Crippen molar-refractivity contribution in [3.63, 3.8) is 0 Å². The van der Waals surface area contributed by atoms with E-state index in [1.54, 1.807) is 0 Å². The lowest BCUT2D eigenvalue weighted by Crippen LogP contribution is -2.36. The number of nitrogens with one attached hydrogen (secondary N) is 2. The summed E-state index contributed by atoms with van der Waals surface area (Å²) >= 11 is 0. The average Bonchev–Trinajstić information content (AvgIpc) is 1.61. The van der Waals surface area contributed by atoms with Gasteiger partial charge in [-0.2, -0.15) is 0 Å². The summed E-state index contributed by atoms with van der Waals surface area (Å²) in [6, 6.07) is -0.666. The van der Waals surface area contributed by atoms with Crippen LogP contribution in [0.25, 0.3) is 0 Å². The van der Waals surface area contributed by atoms with Crippen LogP contribution in [0.3, 0.4) is 0 Å². The summed E-state index contributed by atoms with van der Waals surface area (Å²) in [5.74, 6) is -0.108. The standard InChI is InChI=1S/C3H8N4O/c4-2(5)1-7-3(6)8/h1H2,(H3,4,5)(H3,6,7,8). The molecule has 5 nitrogen and oxygen atoms in total. The van der Waals surface area contributed by atoms with Crippen molar-refractivity contribution in [3.05, 3.63) is 0 Å². The number of nitrogens with two attached hydrogens (primary N) is 2. The van der Waals surface area contributed by atoms with E-state index in [1.165, 1.54) is 0 Å². The maximum absolute atomic E-state index is 9.86. The molecule has 0 fully saturated rings.